The number of benzene rings is 1. The molecule has 0 aliphatic carbocycles. The van der Waals surface area contributed by atoms with E-state index in [1.54, 1.807) is 18.2 Å². The molecule has 4 aromatic rings. The summed E-state index contributed by atoms with van der Waals surface area (Å²) < 4.78 is 6.81. The number of carbonyl (C=O) groups excluding carboxylic acids is 1. The summed E-state index contributed by atoms with van der Waals surface area (Å²) in [6, 6.07) is 14.9. The molecular weight excluding hydrogens is 594 g/mol. The van der Waals surface area contributed by atoms with Crippen molar-refractivity contribution in [1.82, 2.24) is 29.1 Å². The molecular formula is C34H51BN6NiO2. The Balaban J connectivity index is 0.000000579. The van der Waals surface area contributed by atoms with Gasteiger partial charge in [0.15, 0.2) is 0 Å². The van der Waals surface area contributed by atoms with E-state index in [1.165, 1.54) is 29.2 Å². The first-order chi connectivity index (χ1) is 20.1. The molecule has 0 saturated carbocycles. The van der Waals surface area contributed by atoms with E-state index in [0.29, 0.717) is 35.5 Å². The number of carboxylic acid groups (broad SMARTS) is 1. The Bertz CT molecular complexity index is 1350. The number of carbonyl (C=O) groups is 1. The van der Waals surface area contributed by atoms with E-state index in [0.717, 1.165) is 17.1 Å². The number of hydrogen-bond acceptors (Lipinski definition) is 5. The van der Waals surface area contributed by atoms with E-state index in [4.69, 9.17) is 15.3 Å². The first-order valence-electron chi connectivity index (χ1n) is 15.9. The van der Waals surface area contributed by atoms with Crippen molar-refractivity contribution in [3.8, 4) is 0 Å². The van der Waals surface area contributed by atoms with E-state index in [-0.39, 0.29) is 22.1 Å². The largest absolute Gasteiger partial charge is 2.00 e. The molecule has 8 nitrogen and oxygen atoms in total. The maximum atomic E-state index is 10.1. The third-order valence-electron chi connectivity index (χ3n) is 7.85. The molecule has 10 heteroatoms. The second-order valence-electron chi connectivity index (χ2n) is 13.5. The smallest absolute Gasteiger partial charge is 0.545 e. The van der Waals surface area contributed by atoms with Crippen molar-refractivity contribution in [3.05, 3.63) is 88.3 Å². The number of nitrogens with zero attached hydrogens (tertiary/aromatic N) is 6. The maximum Gasteiger partial charge on any atom is 2.00 e. The SMILES string of the molecule is CC(C)c1cc(C(C)C)n([BH-](n2nc(C(C)C)cc2C(C)C)n2nc(C(C)C)cc2C(C)C)n1.O=C([O-])c1ccccc1.[Ni+2]. The topological polar surface area (TPSA) is 93.6 Å². The molecule has 242 valence electrons. The van der Waals surface area contributed by atoms with E-state index in [2.05, 4.69) is 115 Å². The van der Waals surface area contributed by atoms with Gasteiger partial charge in [0.25, 0.3) is 0 Å². The van der Waals surface area contributed by atoms with Crippen LogP contribution in [0.4, 0.5) is 0 Å². The summed E-state index contributed by atoms with van der Waals surface area (Å²) in [7, 11) is -1.46. The molecule has 0 aliphatic heterocycles. The van der Waals surface area contributed by atoms with E-state index in [1.807, 2.05) is 0 Å². The van der Waals surface area contributed by atoms with Gasteiger partial charge in [-0.3, -0.25) is 0 Å². The molecule has 0 amide bonds. The van der Waals surface area contributed by atoms with Crippen molar-refractivity contribution in [2.45, 2.75) is 119 Å². The molecule has 0 fully saturated rings. The third-order valence-corrected chi connectivity index (χ3v) is 7.85. The number of aromatic nitrogens is 6. The zero-order chi connectivity index (χ0) is 32.2. The molecule has 3 heterocycles. The molecule has 0 atom stereocenters. The first-order valence-corrected chi connectivity index (χ1v) is 15.9. The van der Waals surface area contributed by atoms with Gasteiger partial charge in [0.05, 0.1) is 23.1 Å². The minimum atomic E-state index is -1.46. The second kappa shape index (κ2) is 15.7. The van der Waals surface area contributed by atoms with Gasteiger partial charge in [-0.25, -0.2) is 15.3 Å². The predicted octanol–water partition coefficient (Wildman–Crippen LogP) is 6.73. The predicted molar refractivity (Wildman–Crippen MR) is 175 cm³/mol. The van der Waals surface area contributed by atoms with Gasteiger partial charge in [-0.2, -0.15) is 0 Å². The molecule has 0 N–H and O–H groups in total. The zero-order valence-corrected chi connectivity index (χ0v) is 29.6. The average Bonchev–Trinajstić information content (AvgIpc) is 3.68. The normalized spacial score (nSPS) is 11.7. The molecule has 1 aromatic carbocycles. The van der Waals surface area contributed by atoms with Crippen LogP contribution < -0.4 is 5.11 Å². The summed E-state index contributed by atoms with van der Waals surface area (Å²) in [6.45, 7) is 26.8. The van der Waals surface area contributed by atoms with Crippen LogP contribution in [0.5, 0.6) is 0 Å². The minimum Gasteiger partial charge on any atom is -0.545 e. The molecule has 0 unspecified atom stereocenters. The third kappa shape index (κ3) is 8.53. The van der Waals surface area contributed by atoms with Gasteiger partial charge in [0.1, 0.15) is 0 Å². The van der Waals surface area contributed by atoms with Gasteiger partial charge in [0.2, 0.25) is 0 Å². The van der Waals surface area contributed by atoms with Crippen molar-refractivity contribution < 1.29 is 26.4 Å². The van der Waals surface area contributed by atoms with Crippen LogP contribution in [0.3, 0.4) is 0 Å². The molecule has 0 radical (unpaired) electrons. The van der Waals surface area contributed by atoms with Crippen LogP contribution in [0.1, 0.15) is 163 Å². The summed E-state index contributed by atoms with van der Waals surface area (Å²) in [5, 5.41) is 25.8. The van der Waals surface area contributed by atoms with E-state index >= 15 is 0 Å². The van der Waals surface area contributed by atoms with E-state index < -0.39 is 13.1 Å². The summed E-state index contributed by atoms with van der Waals surface area (Å²) in [5.74, 6) is 0.998. The fourth-order valence-corrected chi connectivity index (χ4v) is 5.23. The van der Waals surface area contributed by atoms with Crippen molar-refractivity contribution in [1.29, 1.82) is 0 Å². The van der Waals surface area contributed by atoms with E-state index in [9.17, 15) is 9.90 Å². The molecule has 4 rings (SSSR count). The van der Waals surface area contributed by atoms with Crippen LogP contribution in [0.15, 0.2) is 48.5 Å². The Kier molecular flexibility index (Phi) is 13.3. The number of aromatic carboxylic acids is 1. The van der Waals surface area contributed by atoms with Crippen molar-refractivity contribution in [3.63, 3.8) is 0 Å². The number of carboxylic acids is 1. The Morgan fingerprint density at radius 2 is 0.864 bits per heavy atom. The quantitative estimate of drug-likeness (QED) is 0.179. The Labute approximate surface area is 274 Å². The fraction of sp³-hybridized carbons (Fsp3) is 0.529. The molecule has 3 aromatic heterocycles. The number of rotatable bonds is 10. The fourth-order valence-electron chi connectivity index (χ4n) is 5.23. The maximum absolute atomic E-state index is 10.1. The summed E-state index contributed by atoms with van der Waals surface area (Å²) >= 11 is 0. The standard InChI is InChI=1S/C27H46BN6.C7H6O2.Ni/c1-16(2)22-13-25(19(7)8)32(29-22)28(33-26(20(9)10)14-23(30-33)17(3)4)34-27(21(11)12)15-24(31-34)18(5)6;8-7(9)6-4-2-1-3-5-6;/h13-21,28H,1-12H3;1-5H,(H,8,9);/q-1;;+2/p-1. The average molecular weight is 645 g/mol. The van der Waals surface area contributed by atoms with Crippen LogP contribution in [-0.4, -0.2) is 42.2 Å². The van der Waals surface area contributed by atoms with Crippen molar-refractivity contribution >= 4 is 13.1 Å². The van der Waals surface area contributed by atoms with Crippen LogP contribution in [-0.2, 0) is 16.5 Å². The second-order valence-corrected chi connectivity index (χ2v) is 13.5. The molecule has 0 spiro atoms. The number of hydrogen-bond donors (Lipinski definition) is 0. The van der Waals surface area contributed by atoms with Gasteiger partial charge >= 0.3 is 23.6 Å². The minimum absolute atomic E-state index is 0. The zero-order valence-electron chi connectivity index (χ0n) is 28.6. The van der Waals surface area contributed by atoms with Crippen LogP contribution in [0.25, 0.3) is 0 Å². The summed E-state index contributed by atoms with van der Waals surface area (Å²) in [6.07, 6.45) is 0. The summed E-state index contributed by atoms with van der Waals surface area (Å²) in [5.41, 5.74) is 7.35. The van der Waals surface area contributed by atoms with Crippen LogP contribution in [0.2, 0.25) is 0 Å². The molecule has 0 saturated heterocycles. The van der Waals surface area contributed by atoms with Crippen LogP contribution >= 0.6 is 0 Å². The molecule has 44 heavy (non-hydrogen) atoms. The van der Waals surface area contributed by atoms with Gasteiger partial charge in [0, 0.05) is 17.1 Å². The van der Waals surface area contributed by atoms with Gasteiger partial charge in [-0.15, -0.1) is 0 Å². The molecule has 0 aliphatic rings. The Morgan fingerprint density at radius 1 is 0.568 bits per heavy atom. The Morgan fingerprint density at radius 3 is 1.07 bits per heavy atom. The van der Waals surface area contributed by atoms with Crippen molar-refractivity contribution in [2.75, 3.05) is 0 Å². The van der Waals surface area contributed by atoms with Gasteiger partial charge in [-0.05, 0) is 59.3 Å². The van der Waals surface area contributed by atoms with Crippen LogP contribution in [0, 0.1) is 0 Å². The monoisotopic (exact) mass is 644 g/mol. The van der Waals surface area contributed by atoms with Crippen molar-refractivity contribution in [2.24, 2.45) is 0 Å². The molecule has 0 bridgehead atoms. The Hall–Kier alpha value is -3.12. The van der Waals surface area contributed by atoms with Gasteiger partial charge in [-0.1, -0.05) is 113 Å². The summed E-state index contributed by atoms with van der Waals surface area (Å²) in [4.78, 5) is 10.1. The first kappa shape index (κ1) is 37.1. The van der Waals surface area contributed by atoms with Gasteiger partial charge < -0.3 is 23.7 Å².